The first-order valence-electron chi connectivity index (χ1n) is 8.42. The molecule has 0 bridgehead atoms. The molecule has 5 heteroatoms. The molecule has 2 unspecified atom stereocenters. The van der Waals surface area contributed by atoms with Gasteiger partial charge in [0.2, 0.25) is 11.8 Å². The molecule has 2 rings (SSSR count). The normalized spacial score (nSPS) is 20.3. The fourth-order valence-electron chi connectivity index (χ4n) is 2.77. The highest BCUT2D eigenvalue weighted by Crippen LogP contribution is 2.35. The average Bonchev–Trinajstić information content (AvgIpc) is 2.55. The SMILES string of the molecule is CCCCCCCN1C(=O)C(NC(C)=O)C1Sc1ccccc1. The number of carbonyl (C=O) groups excluding carboxylic acids is 2. The van der Waals surface area contributed by atoms with Gasteiger partial charge < -0.3 is 10.2 Å². The fraction of sp³-hybridized carbons (Fsp3) is 0.556. The summed E-state index contributed by atoms with van der Waals surface area (Å²) in [5.74, 6) is -0.103. The number of thioether (sulfide) groups is 1. The smallest absolute Gasteiger partial charge is 0.249 e. The topological polar surface area (TPSA) is 49.4 Å². The van der Waals surface area contributed by atoms with Crippen molar-refractivity contribution in [3.05, 3.63) is 30.3 Å². The van der Waals surface area contributed by atoms with Crippen molar-refractivity contribution in [3.8, 4) is 0 Å². The Bertz CT molecular complexity index is 521. The molecule has 1 heterocycles. The Balaban J connectivity index is 1.92. The summed E-state index contributed by atoms with van der Waals surface area (Å²) in [7, 11) is 0. The van der Waals surface area contributed by atoms with Crippen LogP contribution in [0.4, 0.5) is 0 Å². The molecular weight excluding hydrogens is 308 g/mol. The largest absolute Gasteiger partial charge is 0.342 e. The van der Waals surface area contributed by atoms with E-state index in [9.17, 15) is 9.59 Å². The van der Waals surface area contributed by atoms with Crippen molar-refractivity contribution in [1.29, 1.82) is 0 Å². The van der Waals surface area contributed by atoms with E-state index in [0.29, 0.717) is 0 Å². The van der Waals surface area contributed by atoms with Gasteiger partial charge in [-0.05, 0) is 18.6 Å². The van der Waals surface area contributed by atoms with Gasteiger partial charge in [0.05, 0.1) is 0 Å². The van der Waals surface area contributed by atoms with Crippen LogP contribution in [-0.2, 0) is 9.59 Å². The molecule has 1 aliphatic heterocycles. The highest BCUT2D eigenvalue weighted by atomic mass is 32.2. The van der Waals surface area contributed by atoms with E-state index in [4.69, 9.17) is 0 Å². The molecule has 1 aromatic rings. The monoisotopic (exact) mass is 334 g/mol. The summed E-state index contributed by atoms with van der Waals surface area (Å²) < 4.78 is 0. The van der Waals surface area contributed by atoms with Crippen LogP contribution in [-0.4, -0.2) is 34.7 Å². The Morgan fingerprint density at radius 2 is 1.87 bits per heavy atom. The highest BCUT2D eigenvalue weighted by molar-refractivity contribution is 8.00. The van der Waals surface area contributed by atoms with E-state index in [-0.39, 0.29) is 17.2 Å². The van der Waals surface area contributed by atoms with E-state index < -0.39 is 6.04 Å². The van der Waals surface area contributed by atoms with E-state index in [2.05, 4.69) is 12.2 Å². The van der Waals surface area contributed by atoms with Crippen molar-refractivity contribution < 1.29 is 9.59 Å². The fourth-order valence-corrected chi connectivity index (χ4v) is 4.02. The molecule has 1 saturated heterocycles. The number of likely N-dealkylation sites (tertiary alicyclic amines) is 1. The lowest BCUT2D eigenvalue weighted by molar-refractivity contribution is -0.148. The molecule has 0 saturated carbocycles. The Labute approximate surface area is 143 Å². The Hall–Kier alpha value is -1.49. The van der Waals surface area contributed by atoms with Crippen LogP contribution in [0.2, 0.25) is 0 Å². The van der Waals surface area contributed by atoms with Gasteiger partial charge in [0.25, 0.3) is 0 Å². The Morgan fingerprint density at radius 1 is 1.17 bits per heavy atom. The first-order chi connectivity index (χ1) is 11.1. The maximum atomic E-state index is 12.3. The van der Waals surface area contributed by atoms with Gasteiger partial charge in [0, 0.05) is 18.4 Å². The van der Waals surface area contributed by atoms with Crippen LogP contribution in [0.25, 0.3) is 0 Å². The molecule has 2 atom stereocenters. The van der Waals surface area contributed by atoms with Crippen molar-refractivity contribution in [2.24, 2.45) is 0 Å². The van der Waals surface area contributed by atoms with Gasteiger partial charge >= 0.3 is 0 Å². The quantitative estimate of drug-likeness (QED) is 0.556. The van der Waals surface area contributed by atoms with Crippen LogP contribution in [0.3, 0.4) is 0 Å². The number of unbranched alkanes of at least 4 members (excludes halogenated alkanes) is 4. The number of carbonyl (C=O) groups is 2. The van der Waals surface area contributed by atoms with Crippen molar-refractivity contribution in [1.82, 2.24) is 10.2 Å². The lowest BCUT2D eigenvalue weighted by atomic mass is 10.1. The zero-order chi connectivity index (χ0) is 16.7. The van der Waals surface area contributed by atoms with E-state index in [1.54, 1.807) is 11.8 Å². The number of hydrogen-bond donors (Lipinski definition) is 1. The molecule has 1 aliphatic rings. The number of amides is 2. The van der Waals surface area contributed by atoms with Crippen LogP contribution in [0.1, 0.15) is 46.0 Å². The molecule has 0 radical (unpaired) electrons. The molecule has 1 N–H and O–H groups in total. The van der Waals surface area contributed by atoms with Crippen molar-refractivity contribution in [3.63, 3.8) is 0 Å². The second kappa shape index (κ2) is 8.96. The standard InChI is InChI=1S/C18H26N2O2S/c1-3-4-5-6-10-13-20-17(22)16(19-14(2)21)18(20)23-15-11-8-7-9-12-15/h7-9,11-12,16,18H,3-6,10,13H2,1-2H3,(H,19,21). The van der Waals surface area contributed by atoms with Gasteiger partial charge in [-0.25, -0.2) is 0 Å². The first kappa shape index (κ1) is 17.9. The minimum Gasteiger partial charge on any atom is -0.342 e. The summed E-state index contributed by atoms with van der Waals surface area (Å²) in [6.45, 7) is 4.44. The molecule has 1 fully saturated rings. The average molecular weight is 334 g/mol. The maximum Gasteiger partial charge on any atom is 0.249 e. The van der Waals surface area contributed by atoms with Gasteiger partial charge in [0.1, 0.15) is 11.4 Å². The first-order valence-corrected chi connectivity index (χ1v) is 9.30. The lowest BCUT2D eigenvalue weighted by Crippen LogP contribution is -2.69. The molecule has 4 nitrogen and oxygen atoms in total. The third-order valence-corrected chi connectivity index (χ3v) is 5.32. The molecule has 126 valence electrons. The summed E-state index contributed by atoms with van der Waals surface area (Å²) >= 11 is 1.65. The molecule has 2 amide bonds. The minimum atomic E-state index is -0.395. The number of rotatable bonds is 9. The molecular formula is C18H26N2O2S. The minimum absolute atomic E-state index is 0.0000230. The van der Waals surface area contributed by atoms with Gasteiger partial charge in [0.15, 0.2) is 0 Å². The summed E-state index contributed by atoms with van der Waals surface area (Å²) in [5.41, 5.74) is 0. The van der Waals surface area contributed by atoms with Crippen LogP contribution < -0.4 is 5.32 Å². The van der Waals surface area contributed by atoms with Crippen molar-refractivity contribution in [2.45, 2.75) is 62.3 Å². The van der Waals surface area contributed by atoms with Gasteiger partial charge in [-0.2, -0.15) is 0 Å². The zero-order valence-corrected chi connectivity index (χ0v) is 14.8. The van der Waals surface area contributed by atoms with E-state index in [0.717, 1.165) is 24.3 Å². The van der Waals surface area contributed by atoms with E-state index >= 15 is 0 Å². The van der Waals surface area contributed by atoms with Gasteiger partial charge in [-0.1, -0.05) is 62.6 Å². The molecule has 0 aromatic heterocycles. The number of nitrogens with zero attached hydrogens (tertiary/aromatic N) is 1. The summed E-state index contributed by atoms with van der Waals surface area (Å²) in [5, 5.41) is 2.79. The Morgan fingerprint density at radius 3 is 2.52 bits per heavy atom. The third kappa shape index (κ3) is 4.99. The predicted molar refractivity (Wildman–Crippen MR) is 94.2 cm³/mol. The summed E-state index contributed by atoms with van der Waals surface area (Å²) in [4.78, 5) is 26.7. The van der Waals surface area contributed by atoms with Gasteiger partial charge in [-0.3, -0.25) is 9.59 Å². The third-order valence-electron chi connectivity index (χ3n) is 4.00. The molecule has 0 spiro atoms. The van der Waals surface area contributed by atoms with Crippen molar-refractivity contribution in [2.75, 3.05) is 6.54 Å². The highest BCUT2D eigenvalue weighted by Gasteiger charge is 2.47. The second-order valence-electron chi connectivity index (χ2n) is 5.95. The summed E-state index contributed by atoms with van der Waals surface area (Å²) in [6, 6.07) is 9.65. The number of β-lactam (4-membered cyclic amide) rings is 1. The number of benzene rings is 1. The van der Waals surface area contributed by atoms with Crippen LogP contribution >= 0.6 is 11.8 Å². The van der Waals surface area contributed by atoms with Crippen LogP contribution in [0.15, 0.2) is 35.2 Å². The Kier molecular flexibility index (Phi) is 6.96. The van der Waals surface area contributed by atoms with E-state index in [1.165, 1.54) is 26.2 Å². The zero-order valence-electron chi connectivity index (χ0n) is 14.0. The van der Waals surface area contributed by atoms with Crippen LogP contribution in [0, 0.1) is 0 Å². The number of nitrogens with one attached hydrogen (secondary N) is 1. The second-order valence-corrected chi connectivity index (χ2v) is 7.14. The number of hydrogen-bond acceptors (Lipinski definition) is 3. The van der Waals surface area contributed by atoms with Gasteiger partial charge in [-0.15, -0.1) is 0 Å². The molecule has 0 aliphatic carbocycles. The lowest BCUT2D eigenvalue weighted by Gasteiger charge is -2.46. The van der Waals surface area contributed by atoms with E-state index in [1.807, 2.05) is 35.2 Å². The molecule has 23 heavy (non-hydrogen) atoms. The van der Waals surface area contributed by atoms with Crippen molar-refractivity contribution >= 4 is 23.6 Å². The maximum absolute atomic E-state index is 12.3. The summed E-state index contributed by atoms with van der Waals surface area (Å²) in [6.07, 6.45) is 5.89. The molecule has 1 aromatic carbocycles. The predicted octanol–water partition coefficient (Wildman–Crippen LogP) is 3.42. The van der Waals surface area contributed by atoms with Crippen LogP contribution in [0.5, 0.6) is 0 Å².